The van der Waals surface area contributed by atoms with Crippen molar-refractivity contribution in [2.24, 2.45) is 0 Å². The van der Waals surface area contributed by atoms with E-state index in [9.17, 15) is 9.59 Å². The summed E-state index contributed by atoms with van der Waals surface area (Å²) in [5.41, 5.74) is 5.13. The summed E-state index contributed by atoms with van der Waals surface area (Å²) in [6.45, 7) is 3.98. The quantitative estimate of drug-likeness (QED) is 0.650. The van der Waals surface area contributed by atoms with Gasteiger partial charge in [-0.2, -0.15) is 0 Å². The lowest BCUT2D eigenvalue weighted by Gasteiger charge is -2.29. The van der Waals surface area contributed by atoms with Crippen LogP contribution in [-0.2, 0) is 24.3 Å². The number of hydrogen-bond donors (Lipinski definition) is 2. The maximum Gasteiger partial charge on any atom is 0.251 e. The first-order chi connectivity index (χ1) is 15.1. The molecular weight excluding hydrogens is 388 g/mol. The van der Waals surface area contributed by atoms with Crippen LogP contribution in [0.1, 0.15) is 32.6 Å². The average molecular weight is 415 g/mol. The topological polar surface area (TPSA) is 74.3 Å². The standard InChI is InChI=1S/C25H26N4O2/c1-18-6-2-5-9-22(18)25(31)28-16-24(30)27-15-19-10-11-23(26-14-19)29-13-12-20-7-3-4-8-21(20)17-29/h2-11,14H,12-13,15-17H2,1H3,(H,27,30)(H,28,31). The summed E-state index contributed by atoms with van der Waals surface area (Å²) in [7, 11) is 0. The molecular formula is C25H26N4O2. The maximum atomic E-state index is 12.2. The summed E-state index contributed by atoms with van der Waals surface area (Å²) in [5.74, 6) is 0.455. The van der Waals surface area contributed by atoms with Crippen LogP contribution in [0.25, 0.3) is 0 Å². The molecule has 1 aliphatic rings. The monoisotopic (exact) mass is 414 g/mol. The van der Waals surface area contributed by atoms with Crippen molar-refractivity contribution in [2.45, 2.75) is 26.4 Å². The first-order valence-corrected chi connectivity index (χ1v) is 10.5. The van der Waals surface area contributed by atoms with Gasteiger partial charge >= 0.3 is 0 Å². The summed E-state index contributed by atoms with van der Waals surface area (Å²) in [6.07, 6.45) is 2.81. The van der Waals surface area contributed by atoms with Gasteiger partial charge in [0, 0.05) is 31.4 Å². The molecule has 3 aromatic rings. The fraction of sp³-hybridized carbons (Fsp3) is 0.240. The van der Waals surface area contributed by atoms with Gasteiger partial charge in [0.1, 0.15) is 5.82 Å². The molecule has 0 fully saturated rings. The number of hydrogen-bond acceptors (Lipinski definition) is 4. The van der Waals surface area contributed by atoms with E-state index in [0.717, 1.165) is 36.5 Å². The second-order valence-electron chi connectivity index (χ2n) is 7.74. The van der Waals surface area contributed by atoms with E-state index < -0.39 is 0 Å². The number of anilines is 1. The highest BCUT2D eigenvalue weighted by molar-refractivity contribution is 5.97. The zero-order chi connectivity index (χ0) is 21.6. The van der Waals surface area contributed by atoms with E-state index in [1.807, 2.05) is 31.2 Å². The first-order valence-electron chi connectivity index (χ1n) is 10.5. The Bertz CT molecular complexity index is 1080. The number of nitrogens with one attached hydrogen (secondary N) is 2. The van der Waals surface area contributed by atoms with Crippen molar-refractivity contribution in [2.75, 3.05) is 18.0 Å². The molecule has 4 rings (SSSR count). The van der Waals surface area contributed by atoms with Crippen LogP contribution in [0.5, 0.6) is 0 Å². The van der Waals surface area contributed by atoms with E-state index in [2.05, 4.69) is 44.8 Å². The van der Waals surface area contributed by atoms with Crippen molar-refractivity contribution in [1.82, 2.24) is 15.6 Å². The number of fused-ring (bicyclic) bond motifs is 1. The van der Waals surface area contributed by atoms with Gasteiger partial charge in [-0.3, -0.25) is 9.59 Å². The zero-order valence-electron chi connectivity index (χ0n) is 17.6. The molecule has 31 heavy (non-hydrogen) atoms. The zero-order valence-corrected chi connectivity index (χ0v) is 17.6. The van der Waals surface area contributed by atoms with Gasteiger partial charge in [-0.25, -0.2) is 4.98 Å². The second kappa shape index (κ2) is 9.43. The Labute approximate surface area is 182 Å². The predicted octanol–water partition coefficient (Wildman–Crippen LogP) is 3.00. The number of amides is 2. The fourth-order valence-electron chi connectivity index (χ4n) is 3.75. The lowest BCUT2D eigenvalue weighted by Crippen LogP contribution is -2.36. The highest BCUT2D eigenvalue weighted by atomic mass is 16.2. The van der Waals surface area contributed by atoms with Gasteiger partial charge in [0.15, 0.2) is 0 Å². The fourth-order valence-corrected chi connectivity index (χ4v) is 3.75. The number of carbonyl (C=O) groups is 2. The van der Waals surface area contributed by atoms with E-state index in [4.69, 9.17) is 0 Å². The van der Waals surface area contributed by atoms with Crippen LogP contribution < -0.4 is 15.5 Å². The molecule has 0 saturated heterocycles. The number of carbonyl (C=O) groups excluding carboxylic acids is 2. The molecule has 1 aliphatic heterocycles. The Kier molecular flexibility index (Phi) is 6.26. The first kappa shape index (κ1) is 20.6. The van der Waals surface area contributed by atoms with Crippen molar-refractivity contribution < 1.29 is 9.59 Å². The van der Waals surface area contributed by atoms with Gasteiger partial charge in [0.25, 0.3) is 5.91 Å². The van der Waals surface area contributed by atoms with Gasteiger partial charge in [-0.05, 0) is 47.7 Å². The molecule has 0 spiro atoms. The van der Waals surface area contributed by atoms with Crippen molar-refractivity contribution in [3.05, 3.63) is 94.7 Å². The van der Waals surface area contributed by atoms with Crippen LogP contribution >= 0.6 is 0 Å². The van der Waals surface area contributed by atoms with Crippen molar-refractivity contribution in [3.8, 4) is 0 Å². The molecule has 0 aliphatic carbocycles. The van der Waals surface area contributed by atoms with E-state index in [1.165, 1.54) is 11.1 Å². The summed E-state index contributed by atoms with van der Waals surface area (Å²) < 4.78 is 0. The minimum Gasteiger partial charge on any atom is -0.352 e. The number of nitrogens with zero attached hydrogens (tertiary/aromatic N) is 2. The van der Waals surface area contributed by atoms with E-state index in [-0.39, 0.29) is 18.4 Å². The number of aromatic nitrogens is 1. The normalized spacial score (nSPS) is 12.7. The molecule has 2 amide bonds. The van der Waals surface area contributed by atoms with Crippen molar-refractivity contribution in [3.63, 3.8) is 0 Å². The molecule has 1 aromatic heterocycles. The largest absolute Gasteiger partial charge is 0.352 e. The van der Waals surface area contributed by atoms with Gasteiger partial charge in [0.05, 0.1) is 6.54 Å². The Morgan fingerprint density at radius 3 is 2.52 bits per heavy atom. The average Bonchev–Trinajstić information content (AvgIpc) is 2.81. The third kappa shape index (κ3) is 5.09. The third-order valence-electron chi connectivity index (χ3n) is 5.55. The SMILES string of the molecule is Cc1ccccc1C(=O)NCC(=O)NCc1ccc(N2CCc3ccccc3C2)nc1. The van der Waals surface area contributed by atoms with E-state index >= 15 is 0 Å². The maximum absolute atomic E-state index is 12.2. The lowest BCUT2D eigenvalue weighted by molar-refractivity contribution is -0.120. The van der Waals surface area contributed by atoms with Crippen LogP contribution in [0, 0.1) is 6.92 Å². The Hall–Kier alpha value is -3.67. The number of rotatable bonds is 6. The molecule has 0 atom stereocenters. The van der Waals surface area contributed by atoms with Gasteiger partial charge in [-0.1, -0.05) is 48.5 Å². The van der Waals surface area contributed by atoms with E-state index in [0.29, 0.717) is 12.1 Å². The van der Waals surface area contributed by atoms with Crippen molar-refractivity contribution >= 4 is 17.6 Å². The third-order valence-corrected chi connectivity index (χ3v) is 5.55. The molecule has 158 valence electrons. The summed E-state index contributed by atoms with van der Waals surface area (Å²) >= 11 is 0. The molecule has 6 heteroatoms. The predicted molar refractivity (Wildman–Crippen MR) is 121 cm³/mol. The minimum atomic E-state index is -0.248. The number of pyridine rings is 1. The molecule has 2 heterocycles. The minimum absolute atomic E-state index is 0.0636. The summed E-state index contributed by atoms with van der Waals surface area (Å²) in [6, 6.07) is 19.8. The van der Waals surface area contributed by atoms with Gasteiger partial charge in [-0.15, -0.1) is 0 Å². The van der Waals surface area contributed by atoms with Gasteiger partial charge < -0.3 is 15.5 Å². The highest BCUT2D eigenvalue weighted by Gasteiger charge is 2.17. The summed E-state index contributed by atoms with van der Waals surface area (Å²) in [4.78, 5) is 31.2. The Morgan fingerprint density at radius 1 is 0.968 bits per heavy atom. The van der Waals surface area contributed by atoms with Crippen LogP contribution in [0.3, 0.4) is 0 Å². The second-order valence-corrected chi connectivity index (χ2v) is 7.74. The Balaban J connectivity index is 1.25. The smallest absolute Gasteiger partial charge is 0.251 e. The van der Waals surface area contributed by atoms with E-state index in [1.54, 1.807) is 18.3 Å². The lowest BCUT2D eigenvalue weighted by atomic mass is 10.00. The molecule has 0 radical (unpaired) electrons. The molecule has 2 N–H and O–H groups in total. The molecule has 6 nitrogen and oxygen atoms in total. The van der Waals surface area contributed by atoms with Crippen LogP contribution in [0.2, 0.25) is 0 Å². The van der Waals surface area contributed by atoms with Gasteiger partial charge in [0.2, 0.25) is 5.91 Å². The summed E-state index contributed by atoms with van der Waals surface area (Å²) in [5, 5.41) is 5.49. The highest BCUT2D eigenvalue weighted by Crippen LogP contribution is 2.22. The number of aryl methyl sites for hydroxylation is 1. The molecule has 2 aromatic carbocycles. The molecule has 0 saturated carbocycles. The molecule has 0 unspecified atom stereocenters. The Morgan fingerprint density at radius 2 is 1.74 bits per heavy atom. The number of benzene rings is 2. The van der Waals surface area contributed by atoms with Crippen LogP contribution in [0.15, 0.2) is 66.9 Å². The van der Waals surface area contributed by atoms with Crippen LogP contribution in [-0.4, -0.2) is 29.9 Å². The molecule has 0 bridgehead atoms. The van der Waals surface area contributed by atoms with Crippen LogP contribution in [0.4, 0.5) is 5.82 Å². The van der Waals surface area contributed by atoms with Crippen molar-refractivity contribution in [1.29, 1.82) is 0 Å².